The van der Waals surface area contributed by atoms with Gasteiger partial charge in [0.15, 0.2) is 6.61 Å². The van der Waals surface area contributed by atoms with E-state index in [1.54, 1.807) is 17.0 Å². The largest absolute Gasteiger partial charge is 0.483 e. The van der Waals surface area contributed by atoms with Gasteiger partial charge in [0.25, 0.3) is 11.6 Å². The van der Waals surface area contributed by atoms with Crippen LogP contribution in [-0.2, 0) is 4.79 Å². The van der Waals surface area contributed by atoms with Crippen molar-refractivity contribution in [3.8, 4) is 5.75 Å². The summed E-state index contributed by atoms with van der Waals surface area (Å²) in [4.78, 5) is 26.6. The van der Waals surface area contributed by atoms with E-state index in [0.717, 1.165) is 15.7 Å². The van der Waals surface area contributed by atoms with E-state index in [2.05, 4.69) is 20.8 Å². The highest BCUT2D eigenvalue weighted by Gasteiger charge is 2.22. The molecule has 0 radical (unpaired) electrons. The Labute approximate surface area is 165 Å². The molecule has 1 aliphatic heterocycles. The lowest BCUT2D eigenvalue weighted by Gasteiger charge is -2.36. The number of aryl methyl sites for hydroxylation is 1. The second-order valence-corrected chi connectivity index (χ2v) is 7.26. The summed E-state index contributed by atoms with van der Waals surface area (Å²) in [6.07, 6.45) is 0. The third-order valence-electron chi connectivity index (χ3n) is 4.55. The van der Waals surface area contributed by atoms with Crippen molar-refractivity contribution in [1.82, 2.24) is 4.90 Å². The first kappa shape index (κ1) is 19.2. The van der Waals surface area contributed by atoms with E-state index in [1.165, 1.54) is 12.1 Å². The minimum atomic E-state index is -0.409. The van der Waals surface area contributed by atoms with Gasteiger partial charge in [-0.15, -0.1) is 0 Å². The standard InChI is InChI=1S/C19H20BrN3O4/c1-14-12-15(20)2-7-18(14)27-13-19(24)22-10-8-21(9-11-22)16-3-5-17(6-4-16)23(25)26/h2-7,12H,8-11,13H2,1H3. The van der Waals surface area contributed by atoms with Crippen LogP contribution in [0.15, 0.2) is 46.9 Å². The van der Waals surface area contributed by atoms with Crippen molar-refractivity contribution in [3.05, 3.63) is 62.6 Å². The average Bonchev–Trinajstić information content (AvgIpc) is 2.67. The summed E-state index contributed by atoms with van der Waals surface area (Å²) >= 11 is 3.41. The number of amides is 1. The minimum absolute atomic E-state index is 0.0139. The summed E-state index contributed by atoms with van der Waals surface area (Å²) in [5.41, 5.74) is 1.97. The minimum Gasteiger partial charge on any atom is -0.483 e. The molecule has 0 atom stereocenters. The summed E-state index contributed by atoms with van der Waals surface area (Å²) in [5, 5.41) is 10.7. The number of hydrogen-bond acceptors (Lipinski definition) is 5. The van der Waals surface area contributed by atoms with Crippen LogP contribution in [0.4, 0.5) is 11.4 Å². The third kappa shape index (κ3) is 4.77. The van der Waals surface area contributed by atoms with Crippen molar-refractivity contribution >= 4 is 33.2 Å². The van der Waals surface area contributed by atoms with Crippen LogP contribution < -0.4 is 9.64 Å². The lowest BCUT2D eigenvalue weighted by molar-refractivity contribution is -0.384. The van der Waals surface area contributed by atoms with Gasteiger partial charge in [0.2, 0.25) is 0 Å². The topological polar surface area (TPSA) is 75.9 Å². The second-order valence-electron chi connectivity index (χ2n) is 6.34. The number of anilines is 1. The maximum atomic E-state index is 12.4. The second kappa shape index (κ2) is 8.39. The van der Waals surface area contributed by atoms with Crippen molar-refractivity contribution in [1.29, 1.82) is 0 Å². The van der Waals surface area contributed by atoms with Crippen molar-refractivity contribution < 1.29 is 14.5 Å². The summed E-state index contributed by atoms with van der Waals surface area (Å²) in [6.45, 7) is 4.51. The number of carbonyl (C=O) groups excluding carboxylic acids is 1. The smallest absolute Gasteiger partial charge is 0.269 e. The molecule has 27 heavy (non-hydrogen) atoms. The summed E-state index contributed by atoms with van der Waals surface area (Å²) in [6, 6.07) is 12.2. The predicted molar refractivity (Wildman–Crippen MR) is 106 cm³/mol. The Morgan fingerprint density at radius 1 is 1.15 bits per heavy atom. The maximum Gasteiger partial charge on any atom is 0.269 e. The van der Waals surface area contributed by atoms with Gasteiger partial charge in [-0.25, -0.2) is 0 Å². The van der Waals surface area contributed by atoms with E-state index >= 15 is 0 Å². The first-order chi connectivity index (χ1) is 12.9. The molecule has 1 amide bonds. The quantitative estimate of drug-likeness (QED) is 0.533. The van der Waals surface area contributed by atoms with E-state index in [9.17, 15) is 14.9 Å². The zero-order valence-electron chi connectivity index (χ0n) is 14.9. The van der Waals surface area contributed by atoms with Crippen molar-refractivity contribution in [2.24, 2.45) is 0 Å². The van der Waals surface area contributed by atoms with E-state index in [0.29, 0.717) is 31.9 Å². The van der Waals surface area contributed by atoms with Crippen LogP contribution in [0.25, 0.3) is 0 Å². The molecule has 3 rings (SSSR count). The molecule has 1 aliphatic rings. The number of rotatable bonds is 5. The molecule has 0 saturated carbocycles. The fraction of sp³-hybridized carbons (Fsp3) is 0.316. The number of ether oxygens (including phenoxy) is 1. The normalized spacial score (nSPS) is 14.1. The molecule has 1 heterocycles. The highest BCUT2D eigenvalue weighted by Crippen LogP contribution is 2.23. The van der Waals surface area contributed by atoms with Gasteiger partial charge in [-0.3, -0.25) is 14.9 Å². The molecule has 1 fully saturated rings. The Hall–Kier alpha value is -2.61. The monoisotopic (exact) mass is 433 g/mol. The summed E-state index contributed by atoms with van der Waals surface area (Å²) < 4.78 is 6.64. The lowest BCUT2D eigenvalue weighted by atomic mass is 10.2. The number of carbonyl (C=O) groups is 1. The number of nitrogens with zero attached hydrogens (tertiary/aromatic N) is 3. The summed E-state index contributed by atoms with van der Waals surface area (Å²) in [7, 11) is 0. The molecule has 1 saturated heterocycles. The Morgan fingerprint density at radius 2 is 1.81 bits per heavy atom. The van der Waals surface area contributed by atoms with Gasteiger partial charge in [-0.05, 0) is 42.8 Å². The number of nitro benzene ring substituents is 1. The lowest BCUT2D eigenvalue weighted by Crippen LogP contribution is -2.50. The molecule has 0 unspecified atom stereocenters. The van der Waals surface area contributed by atoms with Gasteiger partial charge in [0, 0.05) is 48.5 Å². The van der Waals surface area contributed by atoms with Gasteiger partial charge in [0.1, 0.15) is 5.75 Å². The summed E-state index contributed by atoms with van der Waals surface area (Å²) in [5.74, 6) is 0.664. The molecule has 0 bridgehead atoms. The van der Waals surface area contributed by atoms with E-state index in [1.807, 2.05) is 25.1 Å². The molecule has 2 aromatic rings. The molecule has 7 nitrogen and oxygen atoms in total. The van der Waals surface area contributed by atoms with Crippen LogP contribution in [0.3, 0.4) is 0 Å². The van der Waals surface area contributed by atoms with Crippen LogP contribution >= 0.6 is 15.9 Å². The first-order valence-electron chi connectivity index (χ1n) is 8.60. The van der Waals surface area contributed by atoms with Crippen LogP contribution in [0.2, 0.25) is 0 Å². The molecule has 142 valence electrons. The van der Waals surface area contributed by atoms with Crippen LogP contribution in [-0.4, -0.2) is 48.5 Å². The third-order valence-corrected chi connectivity index (χ3v) is 5.04. The molecule has 0 N–H and O–H groups in total. The highest BCUT2D eigenvalue weighted by atomic mass is 79.9. The zero-order chi connectivity index (χ0) is 19.4. The average molecular weight is 434 g/mol. The van der Waals surface area contributed by atoms with Gasteiger partial charge in [-0.2, -0.15) is 0 Å². The Balaban J connectivity index is 1.51. The number of non-ortho nitro benzene ring substituents is 1. The van der Waals surface area contributed by atoms with Crippen LogP contribution in [0.1, 0.15) is 5.56 Å². The number of hydrogen-bond donors (Lipinski definition) is 0. The maximum absolute atomic E-state index is 12.4. The molecular formula is C19H20BrN3O4. The molecule has 8 heteroatoms. The molecular weight excluding hydrogens is 414 g/mol. The van der Waals surface area contributed by atoms with Crippen molar-refractivity contribution in [3.63, 3.8) is 0 Å². The Morgan fingerprint density at radius 3 is 2.41 bits per heavy atom. The number of halogens is 1. The molecule has 0 aromatic heterocycles. The predicted octanol–water partition coefficient (Wildman–Crippen LogP) is 3.39. The Bertz CT molecular complexity index is 833. The number of benzene rings is 2. The van der Waals surface area contributed by atoms with Gasteiger partial charge in [-0.1, -0.05) is 15.9 Å². The SMILES string of the molecule is Cc1cc(Br)ccc1OCC(=O)N1CCN(c2ccc([N+](=O)[O-])cc2)CC1. The first-order valence-corrected chi connectivity index (χ1v) is 9.39. The highest BCUT2D eigenvalue weighted by molar-refractivity contribution is 9.10. The van der Waals surface area contributed by atoms with E-state index in [-0.39, 0.29) is 18.2 Å². The molecule has 0 spiro atoms. The fourth-order valence-electron chi connectivity index (χ4n) is 3.00. The van der Waals surface area contributed by atoms with Gasteiger partial charge >= 0.3 is 0 Å². The van der Waals surface area contributed by atoms with E-state index < -0.39 is 4.92 Å². The molecule has 2 aromatic carbocycles. The van der Waals surface area contributed by atoms with Crippen LogP contribution in [0, 0.1) is 17.0 Å². The Kier molecular flexibility index (Phi) is 5.95. The molecule has 0 aliphatic carbocycles. The van der Waals surface area contributed by atoms with Gasteiger partial charge in [0.05, 0.1) is 4.92 Å². The van der Waals surface area contributed by atoms with Crippen LogP contribution in [0.5, 0.6) is 5.75 Å². The fourth-order valence-corrected chi connectivity index (χ4v) is 3.48. The van der Waals surface area contributed by atoms with Crippen molar-refractivity contribution in [2.45, 2.75) is 6.92 Å². The van der Waals surface area contributed by atoms with E-state index in [4.69, 9.17) is 4.74 Å². The zero-order valence-corrected chi connectivity index (χ0v) is 16.5. The number of nitro groups is 1. The van der Waals surface area contributed by atoms with Gasteiger partial charge < -0.3 is 14.5 Å². The van der Waals surface area contributed by atoms with Crippen molar-refractivity contribution in [2.75, 3.05) is 37.7 Å². The number of piperazine rings is 1.